The topological polar surface area (TPSA) is 89.9 Å². The molecule has 0 aliphatic heterocycles. The lowest BCUT2D eigenvalue weighted by Crippen LogP contribution is -2.18. The first-order chi connectivity index (χ1) is 11.1. The Balaban J connectivity index is 2.05. The van der Waals surface area contributed by atoms with Gasteiger partial charge in [0.15, 0.2) is 11.5 Å². The number of hydrogen-bond acceptors (Lipinski definition) is 6. The number of carbonyl (C=O) groups is 2. The second kappa shape index (κ2) is 7.69. The van der Waals surface area contributed by atoms with Gasteiger partial charge in [0.05, 0.1) is 13.3 Å². The first-order valence-corrected chi connectivity index (χ1v) is 6.71. The van der Waals surface area contributed by atoms with E-state index in [9.17, 15) is 9.59 Å². The number of esters is 1. The monoisotopic (exact) mass is 313 g/mol. The van der Waals surface area contributed by atoms with Gasteiger partial charge < -0.3 is 9.47 Å². The van der Waals surface area contributed by atoms with Gasteiger partial charge in [0.2, 0.25) is 0 Å². The van der Waals surface area contributed by atoms with Gasteiger partial charge in [0.25, 0.3) is 5.91 Å². The van der Waals surface area contributed by atoms with Crippen LogP contribution in [-0.2, 0) is 4.79 Å². The molecule has 1 aromatic carbocycles. The average Bonchev–Trinajstić information content (AvgIpc) is 2.56. The van der Waals surface area contributed by atoms with Crippen LogP contribution in [0.4, 0.5) is 0 Å². The van der Waals surface area contributed by atoms with Gasteiger partial charge in [-0.15, -0.1) is 0 Å². The van der Waals surface area contributed by atoms with Crippen molar-refractivity contribution in [2.45, 2.75) is 6.92 Å². The van der Waals surface area contributed by atoms with Crippen LogP contribution in [0.3, 0.4) is 0 Å². The standard InChI is InChI=1S/C16H15N3O4/c1-11(20)23-14-7-6-12(9-15(14)22-2)10-18-19-16(21)13-5-3-4-8-17-13/h3-10H,1-2H3,(H,19,21). The summed E-state index contributed by atoms with van der Waals surface area (Å²) in [4.78, 5) is 26.7. The fraction of sp³-hybridized carbons (Fsp3) is 0.125. The minimum atomic E-state index is -0.438. The minimum Gasteiger partial charge on any atom is -0.493 e. The molecule has 1 N–H and O–H groups in total. The second-order valence-corrected chi connectivity index (χ2v) is 4.42. The summed E-state index contributed by atoms with van der Waals surface area (Å²) >= 11 is 0. The summed E-state index contributed by atoms with van der Waals surface area (Å²) in [6, 6.07) is 9.91. The number of hydrazone groups is 1. The summed E-state index contributed by atoms with van der Waals surface area (Å²) < 4.78 is 10.2. The van der Waals surface area contributed by atoms with Crippen molar-refractivity contribution >= 4 is 18.1 Å². The van der Waals surface area contributed by atoms with Crippen LogP contribution in [0.25, 0.3) is 0 Å². The van der Waals surface area contributed by atoms with Crippen molar-refractivity contribution in [3.05, 3.63) is 53.9 Å². The highest BCUT2D eigenvalue weighted by molar-refractivity contribution is 5.93. The van der Waals surface area contributed by atoms with Crippen LogP contribution in [-0.4, -0.2) is 30.2 Å². The van der Waals surface area contributed by atoms with Crippen molar-refractivity contribution < 1.29 is 19.1 Å². The molecular weight excluding hydrogens is 298 g/mol. The summed E-state index contributed by atoms with van der Waals surface area (Å²) in [6.07, 6.45) is 2.97. The fourth-order valence-electron chi connectivity index (χ4n) is 1.72. The van der Waals surface area contributed by atoms with Crippen LogP contribution >= 0.6 is 0 Å². The van der Waals surface area contributed by atoms with Crippen LogP contribution in [0.1, 0.15) is 23.0 Å². The van der Waals surface area contributed by atoms with Crippen LogP contribution in [0.15, 0.2) is 47.7 Å². The van der Waals surface area contributed by atoms with E-state index in [0.717, 1.165) is 0 Å². The van der Waals surface area contributed by atoms with Crippen LogP contribution < -0.4 is 14.9 Å². The van der Waals surface area contributed by atoms with Crippen molar-refractivity contribution in [2.24, 2.45) is 5.10 Å². The Labute approximate surface area is 132 Å². The number of hydrogen-bond donors (Lipinski definition) is 1. The highest BCUT2D eigenvalue weighted by Gasteiger charge is 2.07. The Morgan fingerprint density at radius 2 is 2.04 bits per heavy atom. The van der Waals surface area contributed by atoms with E-state index in [2.05, 4.69) is 15.5 Å². The van der Waals surface area contributed by atoms with Gasteiger partial charge >= 0.3 is 5.97 Å². The van der Waals surface area contributed by atoms with Crippen molar-refractivity contribution in [1.29, 1.82) is 0 Å². The van der Waals surface area contributed by atoms with Gasteiger partial charge in [-0.3, -0.25) is 14.6 Å². The number of benzene rings is 1. The number of methoxy groups -OCH3 is 1. The maximum Gasteiger partial charge on any atom is 0.308 e. The first-order valence-electron chi connectivity index (χ1n) is 6.71. The van der Waals surface area contributed by atoms with Crippen molar-refractivity contribution in [3.8, 4) is 11.5 Å². The molecule has 7 nitrogen and oxygen atoms in total. The number of rotatable bonds is 5. The van der Waals surface area contributed by atoms with Gasteiger partial charge in [-0.05, 0) is 35.9 Å². The molecule has 0 unspecified atom stereocenters. The molecule has 2 aromatic rings. The number of aromatic nitrogens is 1. The van der Waals surface area contributed by atoms with Gasteiger partial charge in [-0.1, -0.05) is 6.07 Å². The first kappa shape index (κ1) is 16.2. The summed E-state index contributed by atoms with van der Waals surface area (Å²) in [7, 11) is 1.46. The Bertz CT molecular complexity index is 729. The van der Waals surface area contributed by atoms with Gasteiger partial charge in [-0.25, -0.2) is 5.43 Å². The molecule has 2 rings (SSSR count). The van der Waals surface area contributed by atoms with Crippen LogP contribution in [0, 0.1) is 0 Å². The van der Waals surface area contributed by atoms with E-state index >= 15 is 0 Å². The molecule has 23 heavy (non-hydrogen) atoms. The Morgan fingerprint density at radius 3 is 2.70 bits per heavy atom. The zero-order valence-corrected chi connectivity index (χ0v) is 12.6. The summed E-state index contributed by atoms with van der Waals surface area (Å²) in [5, 5.41) is 3.86. The number of nitrogens with one attached hydrogen (secondary N) is 1. The van der Waals surface area contributed by atoms with Gasteiger partial charge in [0.1, 0.15) is 5.69 Å². The lowest BCUT2D eigenvalue weighted by atomic mass is 10.2. The van der Waals surface area contributed by atoms with E-state index in [-0.39, 0.29) is 5.69 Å². The Hall–Kier alpha value is -3.22. The molecule has 118 valence electrons. The summed E-state index contributed by atoms with van der Waals surface area (Å²) in [5.41, 5.74) is 3.31. The van der Waals surface area contributed by atoms with Gasteiger partial charge in [-0.2, -0.15) is 5.10 Å². The molecule has 0 atom stereocenters. The number of pyridine rings is 1. The predicted molar refractivity (Wildman–Crippen MR) is 83.6 cm³/mol. The fourth-order valence-corrected chi connectivity index (χ4v) is 1.72. The third kappa shape index (κ3) is 4.63. The lowest BCUT2D eigenvalue weighted by molar-refractivity contribution is -0.132. The number of nitrogens with zero attached hydrogens (tertiary/aromatic N) is 2. The van der Waals surface area contributed by atoms with E-state index in [1.54, 1.807) is 36.4 Å². The molecule has 0 spiro atoms. The van der Waals surface area contributed by atoms with Gasteiger partial charge in [0, 0.05) is 13.1 Å². The molecule has 1 aromatic heterocycles. The van der Waals surface area contributed by atoms with E-state index in [1.165, 1.54) is 26.4 Å². The van der Waals surface area contributed by atoms with Crippen LogP contribution in [0.5, 0.6) is 11.5 Å². The van der Waals surface area contributed by atoms with E-state index in [0.29, 0.717) is 17.1 Å². The largest absolute Gasteiger partial charge is 0.493 e. The predicted octanol–water partition coefficient (Wildman–Crippen LogP) is 1.78. The van der Waals surface area contributed by atoms with Crippen molar-refractivity contribution in [1.82, 2.24) is 10.4 Å². The molecular formula is C16H15N3O4. The zero-order valence-electron chi connectivity index (χ0n) is 12.6. The Kier molecular flexibility index (Phi) is 5.40. The van der Waals surface area contributed by atoms with Crippen molar-refractivity contribution in [2.75, 3.05) is 7.11 Å². The highest BCUT2D eigenvalue weighted by atomic mass is 16.6. The zero-order chi connectivity index (χ0) is 16.7. The molecule has 0 bridgehead atoms. The molecule has 0 saturated heterocycles. The molecule has 1 heterocycles. The van der Waals surface area contributed by atoms with E-state index in [1.807, 2.05) is 0 Å². The summed E-state index contributed by atoms with van der Waals surface area (Å²) in [6.45, 7) is 1.31. The molecule has 0 aliphatic carbocycles. The lowest BCUT2D eigenvalue weighted by Gasteiger charge is -2.08. The average molecular weight is 313 g/mol. The molecule has 0 aliphatic rings. The third-order valence-corrected chi connectivity index (χ3v) is 2.72. The normalized spacial score (nSPS) is 10.3. The smallest absolute Gasteiger partial charge is 0.308 e. The minimum absolute atomic E-state index is 0.271. The molecule has 0 saturated carbocycles. The number of amides is 1. The number of ether oxygens (including phenoxy) is 2. The highest BCUT2D eigenvalue weighted by Crippen LogP contribution is 2.27. The Morgan fingerprint density at radius 1 is 1.22 bits per heavy atom. The molecule has 0 fully saturated rings. The molecule has 1 amide bonds. The second-order valence-electron chi connectivity index (χ2n) is 4.42. The quantitative estimate of drug-likeness (QED) is 0.393. The van der Waals surface area contributed by atoms with Crippen LogP contribution in [0.2, 0.25) is 0 Å². The number of carbonyl (C=O) groups excluding carboxylic acids is 2. The SMILES string of the molecule is COc1cc(C=NNC(=O)c2ccccn2)ccc1OC(C)=O. The van der Waals surface area contributed by atoms with Crippen molar-refractivity contribution in [3.63, 3.8) is 0 Å². The molecule has 0 radical (unpaired) electrons. The maximum atomic E-state index is 11.8. The summed E-state index contributed by atoms with van der Waals surface area (Å²) in [5.74, 6) is -0.146. The third-order valence-electron chi connectivity index (χ3n) is 2.72. The maximum absolute atomic E-state index is 11.8. The van der Waals surface area contributed by atoms with E-state index in [4.69, 9.17) is 9.47 Å². The molecule has 7 heteroatoms. The van der Waals surface area contributed by atoms with E-state index < -0.39 is 11.9 Å².